The number of aryl methyl sites for hydroxylation is 2. The lowest BCUT2D eigenvalue weighted by Crippen LogP contribution is -2.37. The number of fused-ring (bicyclic) bond motifs is 1. The minimum absolute atomic E-state index is 0.0590. The van der Waals surface area contributed by atoms with Crippen LogP contribution in [0.25, 0.3) is 11.2 Å². The largest absolute Gasteiger partial charge is 0.397 e. The number of ether oxygens (including phenoxy) is 2. The second-order valence-electron chi connectivity index (χ2n) is 9.55. The van der Waals surface area contributed by atoms with E-state index in [1.54, 1.807) is 18.5 Å². The Morgan fingerprint density at radius 3 is 2.70 bits per heavy atom. The van der Waals surface area contributed by atoms with E-state index in [9.17, 15) is 4.57 Å². The third-order valence-corrected chi connectivity index (χ3v) is 7.75. The van der Waals surface area contributed by atoms with Gasteiger partial charge in [0.15, 0.2) is 11.5 Å². The Labute approximate surface area is 234 Å². The predicted octanol–water partition coefficient (Wildman–Crippen LogP) is 3.95. The number of hydrogen-bond acceptors (Lipinski definition) is 8. The fourth-order valence-corrected chi connectivity index (χ4v) is 5.13. The molecule has 0 radical (unpaired) electrons. The average Bonchev–Trinajstić information content (AvgIpc) is 3.33. The third-order valence-electron chi connectivity index (χ3n) is 6.22. The molecule has 13 heteroatoms. The van der Waals surface area contributed by atoms with Crippen molar-refractivity contribution in [1.29, 1.82) is 0 Å². The second-order valence-corrected chi connectivity index (χ2v) is 11.6. The lowest BCUT2D eigenvalue weighted by atomic mass is 10.1. The van der Waals surface area contributed by atoms with E-state index in [1.165, 1.54) is 22.3 Å². The number of benzene rings is 2. The highest BCUT2D eigenvalue weighted by molar-refractivity contribution is 7.56. The summed E-state index contributed by atoms with van der Waals surface area (Å²) in [6.07, 6.45) is 3.30. The molecular formula is C27H37N8O4P. The summed E-state index contributed by atoms with van der Waals surface area (Å²) in [5.41, 5.74) is 16.8. The van der Waals surface area contributed by atoms with Crippen LogP contribution >= 0.6 is 7.59 Å². The van der Waals surface area contributed by atoms with E-state index < -0.39 is 7.59 Å². The fourth-order valence-electron chi connectivity index (χ4n) is 4.06. The van der Waals surface area contributed by atoms with Gasteiger partial charge < -0.3 is 24.6 Å². The van der Waals surface area contributed by atoms with Gasteiger partial charge in [0.1, 0.15) is 24.3 Å². The lowest BCUT2D eigenvalue weighted by Gasteiger charge is -2.28. The van der Waals surface area contributed by atoms with Crippen molar-refractivity contribution in [2.45, 2.75) is 46.4 Å². The van der Waals surface area contributed by atoms with Crippen molar-refractivity contribution in [3.05, 3.63) is 77.9 Å². The van der Waals surface area contributed by atoms with Crippen molar-refractivity contribution < 1.29 is 18.9 Å². The summed E-state index contributed by atoms with van der Waals surface area (Å²) in [6.45, 7) is 7.63. The summed E-state index contributed by atoms with van der Waals surface area (Å²) in [7, 11) is -3.64. The maximum Gasteiger partial charge on any atom is 0.312 e. The summed E-state index contributed by atoms with van der Waals surface area (Å²) < 4.78 is 27.0. The van der Waals surface area contributed by atoms with Gasteiger partial charge in [-0.25, -0.2) is 20.0 Å². The Kier molecular flexibility index (Phi) is 10.2. The molecule has 4 aromatic rings. The van der Waals surface area contributed by atoms with E-state index in [4.69, 9.17) is 25.5 Å². The molecule has 0 spiro atoms. The van der Waals surface area contributed by atoms with E-state index >= 15 is 0 Å². The molecule has 40 heavy (non-hydrogen) atoms. The van der Waals surface area contributed by atoms with Crippen LogP contribution < -0.4 is 21.2 Å². The Morgan fingerprint density at radius 1 is 1.12 bits per heavy atom. The SMILES string of the molecule is Cc1ccc(COCCCN(Oc2ccccc2)P(N)(=O)NCO[C@H](C)Cn2cnc3c(N)ncnc32)c(C)c1. The number of nitrogen functional groups attached to an aromatic ring is 1. The van der Waals surface area contributed by atoms with E-state index in [0.717, 1.165) is 5.56 Å². The number of rotatable bonds is 15. The van der Waals surface area contributed by atoms with Gasteiger partial charge in [0.2, 0.25) is 0 Å². The second kappa shape index (κ2) is 13.8. The van der Waals surface area contributed by atoms with Crippen molar-refractivity contribution in [2.24, 2.45) is 5.50 Å². The number of hydrogen-bond donors (Lipinski definition) is 3. The Hall–Kier alpha value is -3.38. The fraction of sp³-hybridized carbons (Fsp3) is 0.370. The number of nitrogens with two attached hydrogens (primary N) is 2. The van der Waals surface area contributed by atoms with Crippen molar-refractivity contribution in [3.63, 3.8) is 0 Å². The number of anilines is 1. The molecule has 2 atom stereocenters. The first-order valence-corrected chi connectivity index (χ1v) is 14.8. The topological polar surface area (TPSA) is 156 Å². The minimum Gasteiger partial charge on any atom is -0.397 e. The van der Waals surface area contributed by atoms with Gasteiger partial charge in [-0.05, 0) is 50.5 Å². The Morgan fingerprint density at radius 2 is 1.93 bits per heavy atom. The molecule has 2 heterocycles. The van der Waals surface area contributed by atoms with Crippen LogP contribution in [0.4, 0.5) is 5.82 Å². The number of imidazole rings is 1. The maximum absolute atomic E-state index is 13.5. The molecule has 0 aliphatic heterocycles. The molecule has 0 bridgehead atoms. The molecule has 1 unspecified atom stereocenters. The molecule has 214 valence electrons. The molecule has 0 aliphatic rings. The van der Waals surface area contributed by atoms with Gasteiger partial charge in [0.05, 0.1) is 25.6 Å². The average molecular weight is 569 g/mol. The molecule has 0 aliphatic carbocycles. The van der Waals surface area contributed by atoms with Gasteiger partial charge in [-0.15, -0.1) is 0 Å². The van der Waals surface area contributed by atoms with Crippen LogP contribution in [0.3, 0.4) is 0 Å². The summed E-state index contributed by atoms with van der Waals surface area (Å²) in [5.74, 6) is 0.839. The normalized spacial score (nSPS) is 13.9. The van der Waals surface area contributed by atoms with Gasteiger partial charge >= 0.3 is 7.59 Å². The van der Waals surface area contributed by atoms with E-state index in [-0.39, 0.29) is 19.4 Å². The summed E-state index contributed by atoms with van der Waals surface area (Å²) in [5, 5.41) is 2.82. The van der Waals surface area contributed by atoms with Crippen molar-refractivity contribution in [1.82, 2.24) is 29.4 Å². The number of para-hydroxylation sites is 1. The number of nitrogens with one attached hydrogen (secondary N) is 1. The van der Waals surface area contributed by atoms with Gasteiger partial charge in [0.25, 0.3) is 0 Å². The highest BCUT2D eigenvalue weighted by atomic mass is 31.2. The van der Waals surface area contributed by atoms with Crippen LogP contribution in [-0.2, 0) is 27.2 Å². The van der Waals surface area contributed by atoms with Gasteiger partial charge in [-0.2, -0.15) is 0 Å². The highest BCUT2D eigenvalue weighted by Crippen LogP contribution is 2.37. The summed E-state index contributed by atoms with van der Waals surface area (Å²) >= 11 is 0. The van der Waals surface area contributed by atoms with Gasteiger partial charge in [-0.3, -0.25) is 10.1 Å². The van der Waals surface area contributed by atoms with Crippen molar-refractivity contribution in [3.8, 4) is 5.75 Å². The molecule has 0 amide bonds. The Balaban J connectivity index is 1.29. The number of nitrogens with zero attached hydrogens (tertiary/aromatic N) is 5. The van der Waals surface area contributed by atoms with Crippen LogP contribution in [0.1, 0.15) is 30.0 Å². The first kappa shape index (κ1) is 29.6. The zero-order valence-electron chi connectivity index (χ0n) is 23.1. The monoisotopic (exact) mass is 568 g/mol. The molecule has 12 nitrogen and oxygen atoms in total. The maximum atomic E-state index is 13.5. The third kappa shape index (κ3) is 8.07. The smallest absolute Gasteiger partial charge is 0.312 e. The predicted molar refractivity (Wildman–Crippen MR) is 154 cm³/mol. The zero-order valence-corrected chi connectivity index (χ0v) is 24.0. The molecule has 2 aromatic heterocycles. The Bertz CT molecular complexity index is 1430. The van der Waals surface area contributed by atoms with Crippen LogP contribution in [0, 0.1) is 13.8 Å². The van der Waals surface area contributed by atoms with E-state index in [0.29, 0.717) is 48.9 Å². The van der Waals surface area contributed by atoms with Crippen LogP contribution in [0.15, 0.2) is 61.2 Å². The molecular weight excluding hydrogens is 531 g/mol. The van der Waals surface area contributed by atoms with E-state index in [1.807, 2.05) is 29.7 Å². The molecule has 5 N–H and O–H groups in total. The standard InChI is InChI=1S/C27H37N8O4P/c1-20-10-11-23(21(2)14-20)16-37-13-7-12-35(39-24-8-5-4-6-9-24)40(29,36)33-19-38-22(3)15-34-18-32-25-26(28)30-17-31-27(25)34/h4-6,8-11,14,17-18,22H,7,12-13,15-16,19H2,1-3H3,(H2,28,30,31)(H3,29,33,36)/t22-,40?/m1/s1. The first-order chi connectivity index (χ1) is 19.2. The quantitative estimate of drug-likeness (QED) is 0.0826. The molecule has 0 saturated heterocycles. The number of hydroxylamine groups is 1. The van der Waals surface area contributed by atoms with E-state index in [2.05, 4.69) is 52.1 Å². The van der Waals surface area contributed by atoms with Gasteiger partial charge in [-0.1, -0.05) is 46.8 Å². The number of aromatic nitrogens is 4. The van der Waals surface area contributed by atoms with Crippen LogP contribution in [-0.4, -0.2) is 50.3 Å². The molecule has 0 fully saturated rings. The minimum atomic E-state index is -3.64. The summed E-state index contributed by atoms with van der Waals surface area (Å²) in [4.78, 5) is 19.7. The summed E-state index contributed by atoms with van der Waals surface area (Å²) in [6, 6.07) is 15.4. The van der Waals surface area contributed by atoms with Crippen molar-refractivity contribution >= 4 is 24.6 Å². The highest BCUT2D eigenvalue weighted by Gasteiger charge is 2.28. The first-order valence-electron chi connectivity index (χ1n) is 13.0. The molecule has 4 rings (SSSR count). The molecule has 2 aromatic carbocycles. The van der Waals surface area contributed by atoms with Crippen molar-refractivity contribution in [2.75, 3.05) is 25.6 Å². The zero-order chi connectivity index (χ0) is 28.5. The molecule has 0 saturated carbocycles. The van der Waals surface area contributed by atoms with Crippen LogP contribution in [0.5, 0.6) is 5.75 Å². The van der Waals surface area contributed by atoms with Gasteiger partial charge in [0, 0.05) is 13.2 Å². The van der Waals surface area contributed by atoms with Crippen LogP contribution in [0.2, 0.25) is 0 Å². The lowest BCUT2D eigenvalue weighted by molar-refractivity contribution is 0.0118.